The van der Waals surface area contributed by atoms with Crippen molar-refractivity contribution in [2.24, 2.45) is 35.5 Å². The number of carbonyl (C=O) groups excluding carboxylic acids is 6. The van der Waals surface area contributed by atoms with Gasteiger partial charge in [-0.05, 0) is 77.7 Å². The summed E-state index contributed by atoms with van der Waals surface area (Å²) in [6.07, 6.45) is 20.2. The fourth-order valence-corrected chi connectivity index (χ4v) is 8.71. The standard InChI is InChI=1S/2C23H25ClO5/c2*1-6-12(2)9-13(3)7-8-15-10-16-17(11-28-15)19-18(14(4)25)22(27)29-23(19,5)21(26)20(16)24/h2*7-12,18-19H,6H2,1-5H3/b8-7+,13-9+;8-7+,13-9-/t2*12-,18-,19-,23+/m00/s1. The van der Waals surface area contributed by atoms with E-state index in [9.17, 15) is 28.8 Å². The third kappa shape index (κ3) is 8.23. The minimum atomic E-state index is -1.50. The van der Waals surface area contributed by atoms with Crippen molar-refractivity contribution in [3.05, 3.63) is 116 Å². The Morgan fingerprint density at radius 3 is 1.33 bits per heavy atom. The van der Waals surface area contributed by atoms with Crippen molar-refractivity contribution in [1.82, 2.24) is 0 Å². The van der Waals surface area contributed by atoms with E-state index < -0.39 is 58.4 Å². The molecule has 8 atom stereocenters. The van der Waals surface area contributed by atoms with Crippen molar-refractivity contribution < 1.29 is 47.7 Å². The molecule has 0 bridgehead atoms. The molecule has 4 aliphatic heterocycles. The molecule has 0 aromatic heterocycles. The molecule has 2 fully saturated rings. The molecule has 308 valence electrons. The molecule has 0 amide bonds. The number of allylic oxidation sites excluding steroid dienone is 12. The summed E-state index contributed by atoms with van der Waals surface area (Å²) in [6.45, 7) is 18.2. The van der Waals surface area contributed by atoms with Gasteiger partial charge in [-0.25, -0.2) is 0 Å². The van der Waals surface area contributed by atoms with E-state index in [4.69, 9.17) is 42.1 Å². The number of ketones is 4. The van der Waals surface area contributed by atoms with Gasteiger partial charge in [0.2, 0.25) is 11.6 Å². The van der Waals surface area contributed by atoms with Crippen molar-refractivity contribution in [3.63, 3.8) is 0 Å². The van der Waals surface area contributed by atoms with Crippen LogP contribution < -0.4 is 0 Å². The average Bonchev–Trinajstić information content (AvgIpc) is 3.63. The highest BCUT2D eigenvalue weighted by molar-refractivity contribution is 6.46. The van der Waals surface area contributed by atoms with E-state index in [1.807, 2.05) is 26.0 Å². The Labute approximate surface area is 349 Å². The largest absolute Gasteiger partial charge is 0.465 e. The minimum Gasteiger partial charge on any atom is -0.465 e. The van der Waals surface area contributed by atoms with Crippen LogP contribution in [0.25, 0.3) is 0 Å². The second-order valence-corrected chi connectivity index (χ2v) is 16.8. The van der Waals surface area contributed by atoms with Gasteiger partial charge in [0.05, 0.1) is 34.4 Å². The van der Waals surface area contributed by atoms with E-state index in [1.165, 1.54) is 40.2 Å². The van der Waals surface area contributed by atoms with Gasteiger partial charge in [-0.2, -0.15) is 0 Å². The second-order valence-electron chi connectivity index (χ2n) is 16.0. The molecule has 0 aromatic carbocycles. The summed E-state index contributed by atoms with van der Waals surface area (Å²) in [5, 5.41) is -0.0406. The van der Waals surface area contributed by atoms with Gasteiger partial charge in [0.25, 0.3) is 0 Å². The van der Waals surface area contributed by atoms with Crippen LogP contribution in [0.2, 0.25) is 0 Å². The van der Waals surface area contributed by atoms with E-state index in [1.54, 1.807) is 24.3 Å². The molecule has 2 saturated heterocycles. The Morgan fingerprint density at radius 1 is 0.672 bits per heavy atom. The maximum Gasteiger partial charge on any atom is 0.318 e. The summed E-state index contributed by atoms with van der Waals surface area (Å²) in [4.78, 5) is 74.7. The van der Waals surface area contributed by atoms with Crippen LogP contribution in [0.3, 0.4) is 0 Å². The maximum atomic E-state index is 12.9. The molecule has 4 heterocycles. The van der Waals surface area contributed by atoms with E-state index in [0.717, 1.165) is 24.0 Å². The predicted octanol–water partition coefficient (Wildman–Crippen LogP) is 9.09. The Kier molecular flexibility index (Phi) is 13.1. The number of Topliss-reactive ketones (excluding diaryl/α,β-unsaturated/α-hetero) is 4. The lowest BCUT2D eigenvalue weighted by Gasteiger charge is -2.36. The SMILES string of the molecule is CC[C@H](C)/C=C(C)/C=C/C1=CC2=C(Cl)C(=O)[C@]3(C)OC(=O)[C@@H](C(C)=O)[C@@H]3C2=CO1.CC[C@H](C)/C=C(C)\C=C\C1=CC2=C(Cl)C(=O)[C@]3(C)OC(=O)[C@@H](C(C)=O)[C@@H]3C2=CO1. The zero-order valence-corrected chi connectivity index (χ0v) is 36.0. The second kappa shape index (κ2) is 17.2. The van der Waals surface area contributed by atoms with Gasteiger partial charge in [-0.1, -0.05) is 99.2 Å². The smallest absolute Gasteiger partial charge is 0.318 e. The van der Waals surface area contributed by atoms with Gasteiger partial charge in [0.1, 0.15) is 34.9 Å². The molecule has 0 spiro atoms. The highest BCUT2D eigenvalue weighted by Crippen LogP contribution is 2.53. The molecule has 0 radical (unpaired) electrons. The van der Waals surface area contributed by atoms with Gasteiger partial charge in [-0.15, -0.1) is 0 Å². The van der Waals surface area contributed by atoms with E-state index in [2.05, 4.69) is 39.8 Å². The van der Waals surface area contributed by atoms with Crippen LogP contribution in [0, 0.1) is 35.5 Å². The summed E-state index contributed by atoms with van der Waals surface area (Å²) in [5.41, 5.74) is 1.20. The number of halogens is 2. The van der Waals surface area contributed by atoms with Crippen LogP contribution in [-0.2, 0) is 47.7 Å². The molecular weight excluding hydrogens is 783 g/mol. The van der Waals surface area contributed by atoms with Crippen LogP contribution >= 0.6 is 23.2 Å². The maximum absolute atomic E-state index is 12.9. The van der Waals surface area contributed by atoms with Gasteiger partial charge in [-0.3, -0.25) is 28.8 Å². The fourth-order valence-electron chi connectivity index (χ4n) is 8.01. The van der Waals surface area contributed by atoms with Crippen LogP contribution in [0.1, 0.15) is 82.1 Å². The minimum absolute atomic E-state index is 0.0203. The van der Waals surface area contributed by atoms with Gasteiger partial charge >= 0.3 is 11.9 Å². The van der Waals surface area contributed by atoms with Crippen molar-refractivity contribution in [3.8, 4) is 0 Å². The first-order chi connectivity index (χ1) is 27.2. The van der Waals surface area contributed by atoms with Gasteiger partial charge in [0.15, 0.2) is 11.2 Å². The summed E-state index contributed by atoms with van der Waals surface area (Å²) in [6, 6.07) is 0. The number of carbonyl (C=O) groups is 6. The molecule has 12 heteroatoms. The molecule has 0 unspecified atom stereocenters. The zero-order valence-electron chi connectivity index (χ0n) is 34.5. The number of fused-ring (bicyclic) bond motifs is 6. The molecule has 10 nitrogen and oxygen atoms in total. The summed E-state index contributed by atoms with van der Waals surface area (Å²) >= 11 is 12.7. The molecular formula is C46H50Cl2O10. The first kappa shape index (κ1) is 44.3. The van der Waals surface area contributed by atoms with Crippen molar-refractivity contribution >= 4 is 58.3 Å². The highest BCUT2D eigenvalue weighted by Gasteiger charge is 2.65. The predicted molar refractivity (Wildman–Crippen MR) is 219 cm³/mol. The molecule has 58 heavy (non-hydrogen) atoms. The van der Waals surface area contributed by atoms with Gasteiger partial charge < -0.3 is 18.9 Å². The van der Waals surface area contributed by atoms with Crippen LogP contribution in [0.5, 0.6) is 0 Å². The lowest BCUT2D eigenvalue weighted by molar-refractivity contribution is -0.157. The molecule has 6 rings (SSSR count). The molecule has 6 aliphatic rings. The van der Waals surface area contributed by atoms with Crippen molar-refractivity contribution in [1.29, 1.82) is 0 Å². The van der Waals surface area contributed by atoms with E-state index in [0.29, 0.717) is 45.6 Å². The fraction of sp³-hybridized carbons (Fsp3) is 0.435. The zero-order chi connectivity index (χ0) is 43.0. The molecule has 0 saturated carbocycles. The molecule has 0 N–H and O–H groups in total. The third-order valence-electron chi connectivity index (χ3n) is 11.5. The Hall–Kier alpha value is -4.80. The lowest BCUT2D eigenvalue weighted by atomic mass is 9.68. The normalized spacial score (nSPS) is 30.3. The number of hydrogen-bond donors (Lipinski definition) is 0. The van der Waals surface area contributed by atoms with Crippen molar-refractivity contribution in [2.45, 2.75) is 93.3 Å². The number of esters is 2. The van der Waals surface area contributed by atoms with Crippen LogP contribution in [-0.4, -0.2) is 46.3 Å². The number of hydrogen-bond acceptors (Lipinski definition) is 10. The summed E-state index contributed by atoms with van der Waals surface area (Å²) in [7, 11) is 0. The first-order valence-corrected chi connectivity index (χ1v) is 20.2. The molecule has 0 aromatic rings. The van der Waals surface area contributed by atoms with Crippen LogP contribution in [0.15, 0.2) is 116 Å². The summed E-state index contributed by atoms with van der Waals surface area (Å²) < 4.78 is 22.2. The number of rotatable bonds is 10. The topological polar surface area (TPSA) is 139 Å². The Bertz CT molecular complexity index is 2020. The summed E-state index contributed by atoms with van der Waals surface area (Å²) in [5.74, 6) is -4.75. The first-order valence-electron chi connectivity index (χ1n) is 19.5. The Balaban J connectivity index is 0.000000221. The van der Waals surface area contributed by atoms with E-state index in [-0.39, 0.29) is 21.6 Å². The average molecular weight is 834 g/mol. The Morgan fingerprint density at radius 2 is 1.02 bits per heavy atom. The van der Waals surface area contributed by atoms with Gasteiger partial charge in [0, 0.05) is 22.3 Å². The third-order valence-corrected chi connectivity index (χ3v) is 12.3. The monoisotopic (exact) mass is 832 g/mol. The molecule has 2 aliphatic carbocycles. The van der Waals surface area contributed by atoms with Crippen LogP contribution in [0.4, 0.5) is 0 Å². The number of ether oxygens (including phenoxy) is 4. The van der Waals surface area contributed by atoms with E-state index >= 15 is 0 Å². The quantitative estimate of drug-likeness (QED) is 0.119. The highest BCUT2D eigenvalue weighted by atomic mass is 35.5. The van der Waals surface area contributed by atoms with Crippen molar-refractivity contribution in [2.75, 3.05) is 0 Å². The lowest BCUT2D eigenvalue weighted by Crippen LogP contribution is -2.47.